The largest absolute Gasteiger partial charge is 0.364 e. The Hall–Kier alpha value is 0.440. The second kappa shape index (κ2) is 6.90. The van der Waals surface area contributed by atoms with Crippen LogP contribution in [0.1, 0.15) is 13.8 Å². The van der Waals surface area contributed by atoms with Gasteiger partial charge in [0.1, 0.15) is 0 Å². The molecule has 76 valence electrons. The van der Waals surface area contributed by atoms with Crippen molar-refractivity contribution in [2.75, 3.05) is 13.3 Å². The summed E-state index contributed by atoms with van der Waals surface area (Å²) in [5.74, 6) is 0. The molecule has 0 aromatic carbocycles. The molecule has 0 bridgehead atoms. The lowest BCUT2D eigenvalue weighted by atomic mass is 10.5. The average molecular weight is 222 g/mol. The summed E-state index contributed by atoms with van der Waals surface area (Å²) in [5.41, 5.74) is 0. The highest BCUT2D eigenvalue weighted by Gasteiger charge is 2.13. The molecule has 0 spiro atoms. The fraction of sp³-hybridized carbons (Fsp3) is 1.00. The van der Waals surface area contributed by atoms with Gasteiger partial charge in [0, 0.05) is 13.3 Å². The van der Waals surface area contributed by atoms with Crippen LogP contribution in [-0.4, -0.2) is 24.3 Å². The predicted octanol–water partition coefficient (Wildman–Crippen LogP) is 3.09. The van der Waals surface area contributed by atoms with Crippen LogP contribution in [0.3, 0.4) is 0 Å². The van der Waals surface area contributed by atoms with E-state index in [4.69, 9.17) is 4.89 Å². The standard InChI is InChI=1S/C4H10FO2P.CH4FOP/c1-4(2)7-8(3,5)6;1-4(2)3/h4H,1-3H3;3H,1H3. The minimum absolute atomic E-state index is 0.296. The van der Waals surface area contributed by atoms with Gasteiger partial charge in [-0.2, -0.15) is 8.39 Å². The average Bonchev–Trinajstić information content (AvgIpc) is 1.52. The molecule has 0 aromatic rings. The van der Waals surface area contributed by atoms with Crippen LogP contribution in [0.5, 0.6) is 0 Å². The maximum Gasteiger partial charge on any atom is 0.364 e. The van der Waals surface area contributed by atoms with Crippen LogP contribution in [0, 0.1) is 0 Å². The fourth-order valence-corrected chi connectivity index (χ4v) is 1.13. The highest BCUT2D eigenvalue weighted by atomic mass is 31.2. The van der Waals surface area contributed by atoms with E-state index in [1.165, 1.54) is 0 Å². The van der Waals surface area contributed by atoms with Crippen LogP contribution in [0.15, 0.2) is 0 Å². The first kappa shape index (κ1) is 14.9. The van der Waals surface area contributed by atoms with Crippen LogP contribution in [0.4, 0.5) is 8.39 Å². The molecule has 0 saturated carbocycles. The van der Waals surface area contributed by atoms with E-state index in [0.717, 1.165) is 13.3 Å². The van der Waals surface area contributed by atoms with Gasteiger partial charge in [-0.1, -0.05) is 0 Å². The third-order valence-electron chi connectivity index (χ3n) is 0.399. The molecule has 0 aliphatic carbocycles. The first-order chi connectivity index (χ1) is 5.15. The minimum atomic E-state index is -3.72. The lowest BCUT2D eigenvalue weighted by Gasteiger charge is -2.06. The van der Waals surface area contributed by atoms with Crippen molar-refractivity contribution in [2.24, 2.45) is 0 Å². The van der Waals surface area contributed by atoms with Crippen molar-refractivity contribution in [2.45, 2.75) is 20.0 Å². The van der Waals surface area contributed by atoms with E-state index in [9.17, 15) is 13.0 Å². The summed E-state index contributed by atoms with van der Waals surface area (Å²) in [4.78, 5) is 7.45. The Bertz CT molecular complexity index is 143. The van der Waals surface area contributed by atoms with E-state index in [1.54, 1.807) is 13.8 Å². The van der Waals surface area contributed by atoms with Crippen molar-refractivity contribution in [3.63, 3.8) is 0 Å². The Balaban J connectivity index is 0. The van der Waals surface area contributed by atoms with Gasteiger partial charge in [-0.05, 0) is 13.8 Å². The first-order valence-electron chi connectivity index (χ1n) is 3.19. The van der Waals surface area contributed by atoms with Crippen molar-refractivity contribution < 1.29 is 22.4 Å². The summed E-state index contributed by atoms with van der Waals surface area (Å²) in [6.07, 6.45) is -0.296. The molecular formula is C5H14F2O3P2. The summed E-state index contributed by atoms with van der Waals surface area (Å²) < 4.78 is 37.1. The van der Waals surface area contributed by atoms with Crippen molar-refractivity contribution >= 4 is 16.1 Å². The molecule has 0 radical (unpaired) electrons. The predicted molar refractivity (Wildman–Crippen MR) is 47.0 cm³/mol. The molecule has 0 fully saturated rings. The van der Waals surface area contributed by atoms with E-state index in [1.807, 2.05) is 0 Å². The van der Waals surface area contributed by atoms with E-state index in [0.29, 0.717) is 0 Å². The molecule has 7 heteroatoms. The molecule has 3 nitrogen and oxygen atoms in total. The number of hydrogen-bond acceptors (Lipinski definition) is 3. The summed E-state index contributed by atoms with van der Waals surface area (Å²) in [5, 5.41) is 0. The normalized spacial score (nSPS) is 17.7. The van der Waals surface area contributed by atoms with Crippen LogP contribution in [0.2, 0.25) is 0 Å². The number of halogens is 2. The van der Waals surface area contributed by atoms with E-state index in [-0.39, 0.29) is 6.10 Å². The molecule has 12 heavy (non-hydrogen) atoms. The van der Waals surface area contributed by atoms with Gasteiger partial charge in [0.25, 0.3) is 0 Å². The van der Waals surface area contributed by atoms with Crippen LogP contribution >= 0.6 is 16.1 Å². The first-order valence-corrected chi connectivity index (χ1v) is 6.78. The van der Waals surface area contributed by atoms with Gasteiger partial charge in [-0.15, -0.1) is 0 Å². The molecular weight excluding hydrogens is 208 g/mol. The van der Waals surface area contributed by atoms with Gasteiger partial charge in [0.15, 0.2) is 0 Å². The topological polar surface area (TPSA) is 46.5 Å². The molecule has 0 aromatic heterocycles. The number of hydrogen-bond donors (Lipinski definition) is 1. The lowest BCUT2D eigenvalue weighted by Crippen LogP contribution is -1.96. The van der Waals surface area contributed by atoms with Crippen molar-refractivity contribution in [3.05, 3.63) is 0 Å². The van der Waals surface area contributed by atoms with Gasteiger partial charge in [0.2, 0.25) is 8.46 Å². The lowest BCUT2D eigenvalue weighted by molar-refractivity contribution is 0.227. The zero-order valence-corrected chi connectivity index (χ0v) is 9.28. The van der Waals surface area contributed by atoms with Gasteiger partial charge in [0.05, 0.1) is 6.10 Å². The van der Waals surface area contributed by atoms with Crippen LogP contribution in [0.25, 0.3) is 0 Å². The molecule has 0 saturated heterocycles. The van der Waals surface area contributed by atoms with E-state index in [2.05, 4.69) is 4.52 Å². The Morgan fingerprint density at radius 2 is 1.83 bits per heavy atom. The summed E-state index contributed by atoms with van der Waals surface area (Å²) in [6.45, 7) is 5.34. The molecule has 0 heterocycles. The number of rotatable bonds is 2. The third-order valence-corrected chi connectivity index (χ3v) is 1.20. The van der Waals surface area contributed by atoms with Gasteiger partial charge in [-0.25, -0.2) is 0 Å². The zero-order valence-electron chi connectivity index (χ0n) is 7.49. The van der Waals surface area contributed by atoms with Crippen molar-refractivity contribution in [1.29, 1.82) is 0 Å². The Morgan fingerprint density at radius 3 is 1.83 bits per heavy atom. The van der Waals surface area contributed by atoms with Gasteiger partial charge in [-0.3, -0.25) is 4.57 Å². The third kappa shape index (κ3) is 31.4. The molecule has 2 atom stereocenters. The zero-order chi connectivity index (χ0) is 10.4. The quantitative estimate of drug-likeness (QED) is 0.730. The fourth-order valence-electron chi connectivity index (χ4n) is 0.377. The molecule has 0 aliphatic heterocycles. The second-order valence-corrected chi connectivity index (χ2v) is 4.94. The monoisotopic (exact) mass is 222 g/mol. The Kier molecular flexibility index (Phi) is 8.59. The molecule has 2 unspecified atom stereocenters. The maximum atomic E-state index is 12.0. The SMILES string of the molecule is CC(C)OP(C)(=O)F.CP(O)F. The van der Waals surface area contributed by atoms with E-state index >= 15 is 0 Å². The maximum absolute atomic E-state index is 12.0. The van der Waals surface area contributed by atoms with Crippen LogP contribution in [-0.2, 0) is 9.09 Å². The van der Waals surface area contributed by atoms with Gasteiger partial charge < -0.3 is 9.42 Å². The molecule has 0 aliphatic rings. The highest BCUT2D eigenvalue weighted by Crippen LogP contribution is 2.44. The smallest absolute Gasteiger partial charge is 0.346 e. The second-order valence-electron chi connectivity index (χ2n) is 2.35. The van der Waals surface area contributed by atoms with E-state index < -0.39 is 16.1 Å². The highest BCUT2D eigenvalue weighted by molar-refractivity contribution is 7.52. The Labute approximate surface area is 72.7 Å². The molecule has 0 rings (SSSR count). The summed E-state index contributed by atoms with van der Waals surface area (Å²) >= 11 is 0. The van der Waals surface area contributed by atoms with Gasteiger partial charge >= 0.3 is 7.68 Å². The minimum Gasteiger partial charge on any atom is -0.346 e. The summed E-state index contributed by atoms with van der Waals surface area (Å²) in [7, 11) is -5.84. The van der Waals surface area contributed by atoms with Crippen LogP contribution < -0.4 is 0 Å². The van der Waals surface area contributed by atoms with Crippen molar-refractivity contribution in [3.8, 4) is 0 Å². The van der Waals surface area contributed by atoms with Crippen molar-refractivity contribution in [1.82, 2.24) is 0 Å². The molecule has 1 N–H and O–H groups in total. The Morgan fingerprint density at radius 1 is 1.58 bits per heavy atom. The molecule has 0 amide bonds. The summed E-state index contributed by atoms with van der Waals surface area (Å²) in [6, 6.07) is 0.